The summed E-state index contributed by atoms with van der Waals surface area (Å²) in [6.45, 7) is 0. The molecule has 0 unspecified atom stereocenters. The summed E-state index contributed by atoms with van der Waals surface area (Å²) in [5.41, 5.74) is 0.673. The Bertz CT molecular complexity index is 755. The van der Waals surface area contributed by atoms with Gasteiger partial charge in [-0.05, 0) is 24.8 Å². The lowest BCUT2D eigenvalue weighted by Gasteiger charge is -2.26. The van der Waals surface area contributed by atoms with Gasteiger partial charge in [-0.25, -0.2) is 4.79 Å². The average molecular weight is 278 g/mol. The molecule has 2 heterocycles. The molecule has 0 radical (unpaired) electrons. The fourth-order valence-corrected chi connectivity index (χ4v) is 2.30. The lowest BCUT2D eigenvalue weighted by molar-refractivity contribution is 0.357. The van der Waals surface area contributed by atoms with Gasteiger partial charge in [0.15, 0.2) is 0 Å². The maximum atomic E-state index is 11.8. The molecule has 3 rings (SSSR count). The Labute approximate surface area is 117 Å². The molecule has 0 saturated heterocycles. The second-order valence-corrected chi connectivity index (χ2v) is 4.81. The van der Waals surface area contributed by atoms with Crippen LogP contribution < -0.4 is 16.0 Å². The molecule has 0 bridgehead atoms. The van der Waals surface area contributed by atoms with Crippen LogP contribution in [0.15, 0.2) is 21.9 Å². The summed E-state index contributed by atoms with van der Waals surface area (Å²) in [4.78, 5) is 27.4. The monoisotopic (exact) mass is 278 g/mol. The van der Waals surface area contributed by atoms with Gasteiger partial charge >= 0.3 is 5.69 Å². The molecule has 1 fully saturated rings. The highest BCUT2D eigenvalue weighted by Gasteiger charge is 2.25. The molecule has 0 aliphatic heterocycles. The maximum absolute atomic E-state index is 11.8. The van der Waals surface area contributed by atoms with Crippen LogP contribution >= 0.6 is 0 Å². The lowest BCUT2D eigenvalue weighted by atomic mass is 9.80. The van der Waals surface area contributed by atoms with Crippen molar-refractivity contribution in [3.05, 3.63) is 38.7 Å². The van der Waals surface area contributed by atoms with Gasteiger partial charge in [0, 0.05) is 14.6 Å². The number of nitrogens with one attached hydrogen (secondary N) is 2. The van der Waals surface area contributed by atoms with E-state index in [1.807, 2.05) is 6.07 Å². The zero-order chi connectivity index (χ0) is 14.1. The Hall–Kier alpha value is -2.44. The molecule has 2 aromatic heterocycles. The van der Waals surface area contributed by atoms with Crippen LogP contribution in [-0.2, 0) is 0 Å². The highest BCUT2D eigenvalue weighted by Crippen LogP contribution is 2.40. The highest BCUT2D eigenvalue weighted by molar-refractivity contribution is 5.58. The quantitative estimate of drug-likeness (QED) is 0.881. The van der Waals surface area contributed by atoms with Gasteiger partial charge in [-0.1, -0.05) is 6.42 Å². The first-order valence-electron chi connectivity index (χ1n) is 6.43. The maximum Gasteiger partial charge on any atom is 0.325 e. The first-order chi connectivity index (χ1) is 9.69. The number of ether oxygens (including phenoxy) is 1. The Morgan fingerprint density at radius 3 is 2.75 bits per heavy atom. The van der Waals surface area contributed by atoms with Crippen LogP contribution in [-0.4, -0.2) is 27.3 Å². The first-order valence-corrected chi connectivity index (χ1v) is 6.43. The van der Waals surface area contributed by atoms with Crippen LogP contribution in [0, 0.1) is 0 Å². The minimum atomic E-state index is -0.542. The molecule has 1 saturated carbocycles. The second kappa shape index (κ2) is 4.92. The summed E-state index contributed by atoms with van der Waals surface area (Å²) >= 11 is 0. The zero-order valence-electron chi connectivity index (χ0n) is 11.0. The molecule has 0 amide bonds. The number of methoxy groups -OCH3 is 1. The molecular weight excluding hydrogens is 260 g/mol. The van der Waals surface area contributed by atoms with E-state index in [4.69, 9.17) is 4.74 Å². The van der Waals surface area contributed by atoms with Crippen molar-refractivity contribution in [1.82, 2.24) is 20.2 Å². The molecule has 7 nitrogen and oxygen atoms in total. The van der Waals surface area contributed by atoms with E-state index in [2.05, 4.69) is 20.2 Å². The minimum absolute atomic E-state index is 0. The molecule has 1 aliphatic rings. The van der Waals surface area contributed by atoms with E-state index in [0.29, 0.717) is 23.1 Å². The molecule has 2 aromatic rings. The van der Waals surface area contributed by atoms with Crippen LogP contribution in [0.4, 0.5) is 0 Å². The summed E-state index contributed by atoms with van der Waals surface area (Å²) in [7, 11) is 1.55. The summed E-state index contributed by atoms with van der Waals surface area (Å²) in [5, 5.41) is 8.02. The number of aromatic amines is 2. The SMILES string of the molecule is COc1nnc(-c2c[nH]c(=O)[nH]c2=O)cc1C1CCC1.[HH].[HH]. The predicted molar refractivity (Wildman–Crippen MR) is 76.1 cm³/mol. The van der Waals surface area contributed by atoms with E-state index in [-0.39, 0.29) is 2.85 Å². The zero-order valence-corrected chi connectivity index (χ0v) is 11.0. The van der Waals surface area contributed by atoms with Crippen LogP contribution in [0.25, 0.3) is 11.3 Å². The third-order valence-electron chi connectivity index (χ3n) is 3.62. The van der Waals surface area contributed by atoms with E-state index < -0.39 is 11.2 Å². The number of nitrogens with zero attached hydrogens (tertiary/aromatic N) is 2. The Kier molecular flexibility index (Phi) is 3.09. The van der Waals surface area contributed by atoms with Crippen LogP contribution in [0.1, 0.15) is 33.6 Å². The molecule has 0 aromatic carbocycles. The summed E-state index contributed by atoms with van der Waals surface area (Å²) in [6, 6.07) is 1.82. The fourth-order valence-electron chi connectivity index (χ4n) is 2.30. The molecule has 1 aliphatic carbocycles. The Morgan fingerprint density at radius 2 is 2.15 bits per heavy atom. The van der Waals surface area contributed by atoms with Gasteiger partial charge in [0.05, 0.1) is 12.7 Å². The predicted octanol–water partition coefficient (Wildman–Crippen LogP) is 1.29. The minimum Gasteiger partial charge on any atom is -0.480 e. The third-order valence-corrected chi connectivity index (χ3v) is 3.62. The van der Waals surface area contributed by atoms with Crippen molar-refractivity contribution < 1.29 is 7.59 Å². The van der Waals surface area contributed by atoms with Gasteiger partial charge in [-0.3, -0.25) is 9.78 Å². The van der Waals surface area contributed by atoms with Crippen LogP contribution in [0.5, 0.6) is 5.88 Å². The van der Waals surface area contributed by atoms with Gasteiger partial charge < -0.3 is 9.72 Å². The normalized spacial score (nSPS) is 14.8. The van der Waals surface area contributed by atoms with E-state index in [9.17, 15) is 9.59 Å². The van der Waals surface area contributed by atoms with Gasteiger partial charge in [0.25, 0.3) is 5.56 Å². The fraction of sp³-hybridized carbons (Fsp3) is 0.385. The smallest absolute Gasteiger partial charge is 0.325 e. The number of rotatable bonds is 3. The second-order valence-electron chi connectivity index (χ2n) is 4.81. The third kappa shape index (κ3) is 2.11. The summed E-state index contributed by atoms with van der Waals surface area (Å²) < 4.78 is 5.23. The van der Waals surface area contributed by atoms with Gasteiger partial charge in [-0.15, -0.1) is 10.2 Å². The highest BCUT2D eigenvalue weighted by atomic mass is 16.5. The number of aromatic nitrogens is 4. The van der Waals surface area contributed by atoms with E-state index in [1.165, 1.54) is 12.6 Å². The summed E-state index contributed by atoms with van der Waals surface area (Å²) in [6.07, 6.45) is 4.71. The topological polar surface area (TPSA) is 101 Å². The number of H-pyrrole nitrogens is 2. The molecular formula is C13H18N4O3. The van der Waals surface area contributed by atoms with Crippen molar-refractivity contribution in [2.45, 2.75) is 25.2 Å². The van der Waals surface area contributed by atoms with Gasteiger partial charge in [-0.2, -0.15) is 0 Å². The van der Waals surface area contributed by atoms with Gasteiger partial charge in [0.1, 0.15) is 5.69 Å². The summed E-state index contributed by atoms with van der Waals surface area (Å²) in [5.74, 6) is 0.903. The van der Waals surface area contributed by atoms with Crippen LogP contribution in [0.3, 0.4) is 0 Å². The van der Waals surface area contributed by atoms with Crippen molar-refractivity contribution in [3.63, 3.8) is 0 Å². The van der Waals surface area contributed by atoms with Crippen molar-refractivity contribution in [2.24, 2.45) is 0 Å². The molecule has 20 heavy (non-hydrogen) atoms. The van der Waals surface area contributed by atoms with Crippen molar-refractivity contribution >= 4 is 0 Å². The van der Waals surface area contributed by atoms with E-state index in [1.54, 1.807) is 7.11 Å². The van der Waals surface area contributed by atoms with Crippen LogP contribution in [0.2, 0.25) is 0 Å². The largest absolute Gasteiger partial charge is 0.480 e. The van der Waals surface area contributed by atoms with Crippen molar-refractivity contribution in [1.29, 1.82) is 0 Å². The average Bonchev–Trinajstić information content (AvgIpc) is 2.37. The Balaban J connectivity index is 0.00000121. The standard InChI is InChI=1S/C13H14N4O3.2H2/c1-20-12-8(7-3-2-4-7)5-10(16-17-12)9-6-14-13(19)15-11(9)18;;/h5-7H,2-4H2,1H3,(H2,14,15,18,19);2*1H. The van der Waals surface area contributed by atoms with Gasteiger partial charge in [0.2, 0.25) is 5.88 Å². The molecule has 7 heteroatoms. The number of hydrogen-bond donors (Lipinski definition) is 2. The van der Waals surface area contributed by atoms with E-state index in [0.717, 1.165) is 18.4 Å². The molecule has 2 N–H and O–H groups in total. The molecule has 108 valence electrons. The lowest BCUT2D eigenvalue weighted by Crippen LogP contribution is -2.23. The number of hydrogen-bond acceptors (Lipinski definition) is 5. The first kappa shape index (κ1) is 12.6. The molecule has 0 atom stereocenters. The van der Waals surface area contributed by atoms with Crippen molar-refractivity contribution in [2.75, 3.05) is 7.11 Å². The van der Waals surface area contributed by atoms with Crippen molar-refractivity contribution in [3.8, 4) is 17.1 Å². The Morgan fingerprint density at radius 1 is 1.35 bits per heavy atom. The molecule has 0 spiro atoms. The van der Waals surface area contributed by atoms with E-state index >= 15 is 0 Å².